The lowest BCUT2D eigenvalue weighted by Gasteiger charge is -2.32. The van der Waals surface area contributed by atoms with Gasteiger partial charge in [-0.2, -0.15) is 0 Å². The van der Waals surface area contributed by atoms with Gasteiger partial charge in [-0.3, -0.25) is 4.79 Å². The van der Waals surface area contributed by atoms with Crippen LogP contribution in [0.1, 0.15) is 33.1 Å². The zero-order valence-electron chi connectivity index (χ0n) is 10.6. The first-order valence-corrected chi connectivity index (χ1v) is 7.95. The van der Waals surface area contributed by atoms with Crippen molar-refractivity contribution in [3.63, 3.8) is 0 Å². The zero-order valence-corrected chi connectivity index (χ0v) is 11.4. The lowest BCUT2D eigenvalue weighted by atomic mass is 9.92. The minimum absolute atomic E-state index is 0.0578. The SMILES string of the molecule is CCC(N)(CC)C(=O)N1CCCS(=O)(=O)CC1. The molecular formula is C11H22N2O3S. The van der Waals surface area contributed by atoms with E-state index in [-0.39, 0.29) is 24.0 Å². The van der Waals surface area contributed by atoms with Crippen molar-refractivity contribution in [1.82, 2.24) is 4.90 Å². The molecule has 1 aliphatic rings. The summed E-state index contributed by atoms with van der Waals surface area (Å²) in [5, 5.41) is 0. The summed E-state index contributed by atoms with van der Waals surface area (Å²) >= 11 is 0. The van der Waals surface area contributed by atoms with E-state index in [9.17, 15) is 13.2 Å². The molecule has 1 heterocycles. The molecule has 0 unspecified atom stereocenters. The molecule has 17 heavy (non-hydrogen) atoms. The topological polar surface area (TPSA) is 80.5 Å². The first-order chi connectivity index (χ1) is 7.84. The van der Waals surface area contributed by atoms with Gasteiger partial charge in [-0.1, -0.05) is 13.8 Å². The quantitative estimate of drug-likeness (QED) is 0.785. The van der Waals surface area contributed by atoms with Gasteiger partial charge in [0.2, 0.25) is 5.91 Å². The van der Waals surface area contributed by atoms with Gasteiger partial charge in [0.05, 0.1) is 17.0 Å². The fourth-order valence-corrected chi connectivity index (χ4v) is 3.28. The van der Waals surface area contributed by atoms with E-state index >= 15 is 0 Å². The monoisotopic (exact) mass is 262 g/mol. The van der Waals surface area contributed by atoms with Crippen LogP contribution in [0.5, 0.6) is 0 Å². The van der Waals surface area contributed by atoms with Crippen LogP contribution in [0.25, 0.3) is 0 Å². The Labute approximate surface area is 103 Å². The number of rotatable bonds is 3. The molecule has 1 saturated heterocycles. The van der Waals surface area contributed by atoms with Gasteiger partial charge in [-0.15, -0.1) is 0 Å². The van der Waals surface area contributed by atoms with E-state index in [1.165, 1.54) is 0 Å². The van der Waals surface area contributed by atoms with Gasteiger partial charge >= 0.3 is 0 Å². The molecule has 0 aromatic carbocycles. The molecule has 0 aromatic rings. The molecule has 5 nitrogen and oxygen atoms in total. The number of carbonyl (C=O) groups is 1. The standard InChI is InChI=1S/C11H22N2O3S/c1-3-11(12,4-2)10(14)13-6-5-8-17(15,16)9-7-13/h3-9,12H2,1-2H3. The molecule has 1 fully saturated rings. The normalized spacial score (nSPS) is 21.0. The summed E-state index contributed by atoms with van der Waals surface area (Å²) in [6, 6.07) is 0. The van der Waals surface area contributed by atoms with Gasteiger partial charge in [0.1, 0.15) is 0 Å². The summed E-state index contributed by atoms with van der Waals surface area (Å²) < 4.78 is 22.9. The molecule has 1 rings (SSSR count). The maximum Gasteiger partial charge on any atom is 0.242 e. The molecule has 0 atom stereocenters. The summed E-state index contributed by atoms with van der Waals surface area (Å²) in [6.07, 6.45) is 1.66. The molecule has 0 bridgehead atoms. The van der Waals surface area contributed by atoms with Gasteiger partial charge in [0.25, 0.3) is 0 Å². The number of sulfone groups is 1. The Hall–Kier alpha value is -0.620. The van der Waals surface area contributed by atoms with Crippen LogP contribution in [0, 0.1) is 0 Å². The predicted octanol–water partition coefficient (Wildman–Crippen LogP) is 0.151. The van der Waals surface area contributed by atoms with E-state index in [1.54, 1.807) is 4.90 Å². The lowest BCUT2D eigenvalue weighted by Crippen LogP contribution is -2.55. The second-order valence-electron chi connectivity index (χ2n) is 4.66. The molecule has 0 radical (unpaired) electrons. The van der Waals surface area contributed by atoms with Gasteiger partial charge in [0.15, 0.2) is 9.84 Å². The average Bonchev–Trinajstić information content (AvgIpc) is 2.48. The van der Waals surface area contributed by atoms with Crippen LogP contribution < -0.4 is 5.73 Å². The molecule has 0 aromatic heterocycles. The summed E-state index contributed by atoms with van der Waals surface area (Å²) in [5.41, 5.74) is 5.21. The number of amides is 1. The predicted molar refractivity (Wildman–Crippen MR) is 67.4 cm³/mol. The van der Waals surface area contributed by atoms with Crippen molar-refractivity contribution in [3.8, 4) is 0 Å². The van der Waals surface area contributed by atoms with Gasteiger partial charge in [-0.05, 0) is 19.3 Å². The number of hydrogen-bond donors (Lipinski definition) is 1. The molecule has 6 heteroatoms. The number of hydrogen-bond acceptors (Lipinski definition) is 4. The summed E-state index contributed by atoms with van der Waals surface area (Å²) in [6.45, 7) is 4.54. The second-order valence-corrected chi connectivity index (χ2v) is 6.96. The molecule has 0 saturated carbocycles. The Kier molecular flexibility index (Phi) is 4.55. The van der Waals surface area contributed by atoms with Crippen LogP contribution in [0.15, 0.2) is 0 Å². The zero-order chi connectivity index (χ0) is 13.1. The summed E-state index contributed by atoms with van der Waals surface area (Å²) in [4.78, 5) is 13.9. The first kappa shape index (κ1) is 14.4. The van der Waals surface area contributed by atoms with Crippen molar-refractivity contribution in [1.29, 1.82) is 0 Å². The smallest absolute Gasteiger partial charge is 0.242 e. The van der Waals surface area contributed by atoms with E-state index in [2.05, 4.69) is 0 Å². The highest BCUT2D eigenvalue weighted by Crippen LogP contribution is 2.17. The van der Waals surface area contributed by atoms with Crippen molar-refractivity contribution in [3.05, 3.63) is 0 Å². The summed E-state index contributed by atoms with van der Waals surface area (Å²) in [7, 11) is -2.98. The molecule has 1 aliphatic heterocycles. The van der Waals surface area contributed by atoms with E-state index < -0.39 is 15.4 Å². The Morgan fingerprint density at radius 2 is 1.82 bits per heavy atom. The molecule has 0 aliphatic carbocycles. The number of carbonyl (C=O) groups excluding carboxylic acids is 1. The highest BCUT2D eigenvalue weighted by Gasteiger charge is 2.35. The van der Waals surface area contributed by atoms with Crippen LogP contribution in [0.2, 0.25) is 0 Å². The Balaban J connectivity index is 2.77. The molecular weight excluding hydrogens is 240 g/mol. The van der Waals surface area contributed by atoms with Crippen LogP contribution in [0.3, 0.4) is 0 Å². The van der Waals surface area contributed by atoms with Crippen molar-refractivity contribution in [2.75, 3.05) is 24.6 Å². The van der Waals surface area contributed by atoms with Crippen molar-refractivity contribution in [2.24, 2.45) is 5.73 Å². The van der Waals surface area contributed by atoms with E-state index in [1.807, 2.05) is 13.8 Å². The fourth-order valence-electron chi connectivity index (χ4n) is 2.01. The maximum absolute atomic E-state index is 12.3. The second kappa shape index (κ2) is 5.35. The summed E-state index contributed by atoms with van der Waals surface area (Å²) in [5.74, 6) is 0.120. The van der Waals surface area contributed by atoms with Gasteiger partial charge < -0.3 is 10.6 Å². The number of nitrogens with zero attached hydrogens (tertiary/aromatic N) is 1. The van der Waals surface area contributed by atoms with E-state index in [0.29, 0.717) is 25.8 Å². The van der Waals surface area contributed by atoms with Crippen LogP contribution >= 0.6 is 0 Å². The van der Waals surface area contributed by atoms with Crippen LogP contribution in [0.4, 0.5) is 0 Å². The fraction of sp³-hybridized carbons (Fsp3) is 0.909. The maximum atomic E-state index is 12.3. The molecule has 0 spiro atoms. The van der Waals surface area contributed by atoms with E-state index in [4.69, 9.17) is 5.73 Å². The van der Waals surface area contributed by atoms with Crippen molar-refractivity contribution in [2.45, 2.75) is 38.6 Å². The van der Waals surface area contributed by atoms with Crippen molar-refractivity contribution < 1.29 is 13.2 Å². The molecule has 100 valence electrons. The lowest BCUT2D eigenvalue weighted by molar-refractivity contribution is -0.137. The minimum Gasteiger partial charge on any atom is -0.340 e. The van der Waals surface area contributed by atoms with Gasteiger partial charge in [-0.25, -0.2) is 8.42 Å². The Morgan fingerprint density at radius 3 is 2.35 bits per heavy atom. The molecule has 2 N–H and O–H groups in total. The van der Waals surface area contributed by atoms with Crippen LogP contribution in [-0.4, -0.2) is 49.4 Å². The van der Waals surface area contributed by atoms with E-state index in [0.717, 1.165) is 0 Å². The largest absolute Gasteiger partial charge is 0.340 e. The third kappa shape index (κ3) is 3.42. The highest BCUT2D eigenvalue weighted by atomic mass is 32.2. The molecule has 1 amide bonds. The van der Waals surface area contributed by atoms with Crippen LogP contribution in [-0.2, 0) is 14.6 Å². The Bertz CT molecular complexity index is 374. The first-order valence-electron chi connectivity index (χ1n) is 6.13. The minimum atomic E-state index is -2.98. The number of nitrogens with two attached hydrogens (primary N) is 1. The van der Waals surface area contributed by atoms with Gasteiger partial charge in [0, 0.05) is 13.1 Å². The average molecular weight is 262 g/mol. The highest BCUT2D eigenvalue weighted by molar-refractivity contribution is 7.91. The Morgan fingerprint density at radius 1 is 1.24 bits per heavy atom. The third-order valence-electron chi connectivity index (χ3n) is 3.53. The van der Waals surface area contributed by atoms with Crippen molar-refractivity contribution >= 4 is 15.7 Å². The third-order valence-corrected chi connectivity index (χ3v) is 5.25.